The van der Waals surface area contributed by atoms with E-state index in [1.54, 1.807) is 18.2 Å². The largest absolute Gasteiger partial charge is 0.748 e. The van der Waals surface area contributed by atoms with Crippen molar-refractivity contribution in [2.45, 2.75) is 24.3 Å². The summed E-state index contributed by atoms with van der Waals surface area (Å²) in [4.78, 5) is 2.96. The Morgan fingerprint density at radius 2 is 1.78 bits per heavy atom. The molecule has 194 valence electrons. The zero-order valence-electron chi connectivity index (χ0n) is 18.7. The molecule has 0 aliphatic carbocycles. The van der Waals surface area contributed by atoms with Crippen molar-refractivity contribution in [1.29, 1.82) is 0 Å². The lowest BCUT2D eigenvalue weighted by Gasteiger charge is -2.20. The minimum atomic E-state index is -4.34. The van der Waals surface area contributed by atoms with Gasteiger partial charge in [-0.2, -0.15) is 18.9 Å². The molecule has 9 nitrogen and oxygen atoms in total. The zero-order chi connectivity index (χ0) is 26.1. The number of aromatic nitrogens is 1. The third-order valence-corrected chi connectivity index (χ3v) is 9.99. The van der Waals surface area contributed by atoms with Gasteiger partial charge in [0.05, 0.1) is 32.7 Å². The van der Waals surface area contributed by atoms with E-state index in [0.29, 0.717) is 29.6 Å². The third kappa shape index (κ3) is 6.71. The van der Waals surface area contributed by atoms with Gasteiger partial charge in [0.15, 0.2) is 6.54 Å². The van der Waals surface area contributed by atoms with Gasteiger partial charge in [-0.25, -0.2) is 8.42 Å². The summed E-state index contributed by atoms with van der Waals surface area (Å²) in [6.45, 7) is 0.698. The second-order valence-electron chi connectivity index (χ2n) is 7.90. The van der Waals surface area contributed by atoms with Crippen LogP contribution >= 0.6 is 46.3 Å². The Morgan fingerprint density at radius 1 is 1.06 bits per heavy atom. The van der Waals surface area contributed by atoms with Crippen LogP contribution < -0.4 is 15.4 Å². The maximum Gasteiger partial charge on any atom is 0.313 e. The smallest absolute Gasteiger partial charge is 0.313 e. The molecule has 0 bridgehead atoms. The molecule has 2 heterocycles. The molecule has 0 unspecified atom stereocenters. The first-order valence-corrected chi connectivity index (χ1v) is 16.2. The summed E-state index contributed by atoms with van der Waals surface area (Å²) in [5.74, 6) is 2.34. The lowest BCUT2D eigenvalue weighted by atomic mass is 10.2. The summed E-state index contributed by atoms with van der Waals surface area (Å²) in [5.41, 5.74) is 1.69. The fourth-order valence-corrected chi connectivity index (χ4v) is 7.49. The molecule has 1 aliphatic heterocycles. The lowest BCUT2D eigenvalue weighted by Crippen LogP contribution is -2.51. The Labute approximate surface area is 227 Å². The summed E-state index contributed by atoms with van der Waals surface area (Å²) in [5, 5.41) is 2.77. The van der Waals surface area contributed by atoms with Crippen LogP contribution in [0.25, 0.3) is 16.3 Å². The number of anilines is 1. The molecule has 0 amide bonds. The third-order valence-electron chi connectivity index (χ3n) is 5.36. The highest BCUT2D eigenvalue weighted by molar-refractivity contribution is 8.04. The molecule has 0 atom stereocenters. The molecule has 0 fully saturated rings. The standard InChI is InChI=1S/C21H22Cl2N3O6S4/c22-14-3-5-18-16(11-14)25(7-1-9-35(27,28)29)20(33-18)13-21-26(8-2-10-36(30,31)32-24)17-12-15(23)4-6-19(17)34-21/h3-6,11-13H,1-2,7-10H2,24H3/q+1. The van der Waals surface area contributed by atoms with Gasteiger partial charge in [0.2, 0.25) is 5.52 Å². The predicted octanol–water partition coefficient (Wildman–Crippen LogP) is 3.24. The number of thiazole rings is 1. The maximum atomic E-state index is 11.8. The second-order valence-corrected chi connectivity index (χ2v) is 14.2. The maximum absolute atomic E-state index is 11.8. The van der Waals surface area contributed by atoms with Crippen LogP contribution in [-0.4, -0.2) is 39.4 Å². The second kappa shape index (κ2) is 11.1. The van der Waals surface area contributed by atoms with Crippen LogP contribution in [0.2, 0.25) is 10.0 Å². The molecule has 2 aromatic carbocycles. The van der Waals surface area contributed by atoms with E-state index >= 15 is 0 Å². The van der Waals surface area contributed by atoms with Gasteiger partial charge in [0.1, 0.15) is 4.70 Å². The van der Waals surface area contributed by atoms with E-state index in [9.17, 15) is 21.4 Å². The Balaban J connectivity index is 1.72. The lowest BCUT2D eigenvalue weighted by molar-refractivity contribution is -0.668. The number of aryl methyl sites for hydroxylation is 1. The van der Waals surface area contributed by atoms with Crippen LogP contribution in [0.15, 0.2) is 46.3 Å². The first kappa shape index (κ1) is 27.6. The van der Waals surface area contributed by atoms with E-state index in [4.69, 9.17) is 23.2 Å². The van der Waals surface area contributed by atoms with Gasteiger partial charge in [-0.1, -0.05) is 50.6 Å². The molecule has 0 saturated carbocycles. The molecule has 15 heteroatoms. The predicted molar refractivity (Wildman–Crippen MR) is 141 cm³/mol. The average molecular weight is 612 g/mol. The molecule has 1 aromatic heterocycles. The Morgan fingerprint density at radius 3 is 2.50 bits per heavy atom. The van der Waals surface area contributed by atoms with E-state index < -0.39 is 26.0 Å². The van der Waals surface area contributed by atoms with Gasteiger partial charge in [0, 0.05) is 39.7 Å². The highest BCUT2D eigenvalue weighted by atomic mass is 35.5. The first-order valence-electron chi connectivity index (χ1n) is 10.6. The number of hydrogen-bond acceptors (Lipinski definition) is 9. The van der Waals surface area contributed by atoms with Crippen LogP contribution in [0.3, 0.4) is 0 Å². The number of thioether (sulfide) groups is 1. The van der Waals surface area contributed by atoms with Crippen molar-refractivity contribution in [1.82, 2.24) is 0 Å². The van der Waals surface area contributed by atoms with Crippen molar-refractivity contribution in [3.8, 4) is 0 Å². The monoisotopic (exact) mass is 610 g/mol. The van der Waals surface area contributed by atoms with Gasteiger partial charge in [0.25, 0.3) is 5.01 Å². The van der Waals surface area contributed by atoms with Crippen molar-refractivity contribution >= 4 is 88.5 Å². The molecular weight excluding hydrogens is 589 g/mol. The Kier molecular flexibility index (Phi) is 8.54. The van der Waals surface area contributed by atoms with Crippen molar-refractivity contribution in [3.63, 3.8) is 0 Å². The molecular formula is C21H22Cl2N3O6S4+. The Bertz CT molecular complexity index is 1540. The quantitative estimate of drug-likeness (QED) is 0.210. The molecule has 36 heavy (non-hydrogen) atoms. The van der Waals surface area contributed by atoms with Gasteiger partial charge in [-0.3, -0.25) is 0 Å². The first-order chi connectivity index (χ1) is 17.0. The van der Waals surface area contributed by atoms with E-state index in [-0.39, 0.29) is 12.2 Å². The van der Waals surface area contributed by atoms with E-state index in [0.717, 1.165) is 30.8 Å². The van der Waals surface area contributed by atoms with Gasteiger partial charge < -0.3 is 9.45 Å². The van der Waals surface area contributed by atoms with Crippen molar-refractivity contribution in [2.24, 2.45) is 0 Å². The molecule has 3 N–H and O–H groups in total. The number of fused-ring (bicyclic) bond motifs is 2. The average Bonchev–Trinajstić information content (AvgIpc) is 3.30. The summed E-state index contributed by atoms with van der Waals surface area (Å²) in [7, 11) is -8.04. The van der Waals surface area contributed by atoms with Crippen LogP contribution in [0.4, 0.5) is 5.69 Å². The van der Waals surface area contributed by atoms with Crippen molar-refractivity contribution in [3.05, 3.63) is 56.5 Å². The van der Waals surface area contributed by atoms with E-state index in [1.165, 1.54) is 23.1 Å². The number of rotatable bonds is 10. The number of nitrogens with zero attached hydrogens (tertiary/aromatic N) is 2. The van der Waals surface area contributed by atoms with Gasteiger partial charge in [-0.15, -0.1) is 0 Å². The normalized spacial score (nSPS) is 15.2. The minimum absolute atomic E-state index is 0.153. The minimum Gasteiger partial charge on any atom is -0.748 e. The molecule has 4 rings (SSSR count). The summed E-state index contributed by atoms with van der Waals surface area (Å²) < 4.78 is 64.2. The summed E-state index contributed by atoms with van der Waals surface area (Å²) in [6, 6.07) is 11.0. The molecule has 1 aliphatic rings. The van der Waals surface area contributed by atoms with Crippen LogP contribution in [0.5, 0.6) is 0 Å². The van der Waals surface area contributed by atoms with Gasteiger partial charge >= 0.3 is 10.1 Å². The highest BCUT2D eigenvalue weighted by Crippen LogP contribution is 2.48. The van der Waals surface area contributed by atoms with Crippen LogP contribution in [0.1, 0.15) is 17.8 Å². The topological polar surface area (TPSA) is 135 Å². The fraction of sp³-hybridized carbons (Fsp3) is 0.286. The van der Waals surface area contributed by atoms with Crippen LogP contribution in [-0.2, 0) is 31.1 Å². The molecule has 0 radical (unpaired) electrons. The number of hydrogen-bond donors (Lipinski definition) is 1. The Hall–Kier alpha value is -1.42. The van der Waals surface area contributed by atoms with E-state index in [2.05, 4.69) is 10.2 Å². The molecule has 3 aromatic rings. The summed E-state index contributed by atoms with van der Waals surface area (Å²) >= 11 is 15.5. The number of halogens is 2. The molecule has 0 saturated heterocycles. The van der Waals surface area contributed by atoms with Crippen molar-refractivity contribution < 1.29 is 36.1 Å². The fourth-order valence-electron chi connectivity index (χ4n) is 3.79. The highest BCUT2D eigenvalue weighted by Gasteiger charge is 2.29. The van der Waals surface area contributed by atoms with E-state index in [1.807, 2.05) is 33.7 Å². The van der Waals surface area contributed by atoms with Crippen LogP contribution in [0, 0.1) is 0 Å². The molecule has 0 spiro atoms. The van der Waals surface area contributed by atoms with Crippen molar-refractivity contribution in [2.75, 3.05) is 23.0 Å². The number of quaternary nitrogens is 1. The summed E-state index contributed by atoms with van der Waals surface area (Å²) in [6.07, 6.45) is 2.42. The number of benzene rings is 2. The SMILES string of the molecule is [NH3+]OS(=O)(=O)CCCN1/C(=C\c2sc3ccc(Cl)cc3[n+]2CCCS(=O)(=O)[O-])Sc2ccc(Cl)cc21. The van der Waals surface area contributed by atoms with Gasteiger partial charge in [-0.05, 0) is 36.8 Å². The zero-order valence-corrected chi connectivity index (χ0v) is 23.5.